The van der Waals surface area contributed by atoms with Crippen LogP contribution in [0.3, 0.4) is 0 Å². The van der Waals surface area contributed by atoms with E-state index in [0.717, 1.165) is 5.69 Å². The van der Waals surface area contributed by atoms with Crippen molar-refractivity contribution in [2.45, 2.75) is 13.0 Å². The third-order valence-corrected chi connectivity index (χ3v) is 2.47. The quantitative estimate of drug-likeness (QED) is 0.815. The number of ketones is 1. The highest BCUT2D eigenvalue weighted by atomic mass is 16.1. The first-order valence-electron chi connectivity index (χ1n) is 5.54. The molecule has 2 aromatic rings. The molecule has 1 aromatic carbocycles. The SMILES string of the molecule is CC(Nc1ccccc1)C(=O)c1ccccn1. The van der Waals surface area contributed by atoms with Gasteiger partial charge >= 0.3 is 0 Å². The molecule has 1 N–H and O–H groups in total. The highest BCUT2D eigenvalue weighted by molar-refractivity contribution is 5.99. The van der Waals surface area contributed by atoms with Crippen LogP contribution in [0.1, 0.15) is 17.4 Å². The normalized spacial score (nSPS) is 11.8. The van der Waals surface area contributed by atoms with E-state index in [1.54, 1.807) is 18.3 Å². The maximum Gasteiger partial charge on any atom is 0.202 e. The minimum Gasteiger partial charge on any atom is -0.375 e. The highest BCUT2D eigenvalue weighted by Crippen LogP contribution is 2.09. The van der Waals surface area contributed by atoms with E-state index in [9.17, 15) is 4.79 Å². The van der Waals surface area contributed by atoms with Crippen LogP contribution in [0.4, 0.5) is 5.69 Å². The largest absolute Gasteiger partial charge is 0.375 e. The summed E-state index contributed by atoms with van der Waals surface area (Å²) >= 11 is 0. The fraction of sp³-hybridized carbons (Fsp3) is 0.143. The number of nitrogens with zero attached hydrogens (tertiary/aromatic N) is 1. The summed E-state index contributed by atoms with van der Waals surface area (Å²) in [5.41, 5.74) is 1.42. The van der Waals surface area contributed by atoms with Crippen LogP contribution in [0.15, 0.2) is 54.7 Å². The number of para-hydroxylation sites is 1. The molecule has 0 spiro atoms. The summed E-state index contributed by atoms with van der Waals surface area (Å²) in [6.45, 7) is 1.84. The Labute approximate surface area is 101 Å². The van der Waals surface area contributed by atoms with Crippen molar-refractivity contribution in [2.75, 3.05) is 5.32 Å². The molecule has 2 rings (SSSR count). The molecule has 17 heavy (non-hydrogen) atoms. The summed E-state index contributed by atoms with van der Waals surface area (Å²) in [6.07, 6.45) is 1.63. The van der Waals surface area contributed by atoms with Gasteiger partial charge in [-0.1, -0.05) is 24.3 Å². The molecule has 1 aromatic heterocycles. The second kappa shape index (κ2) is 5.25. The lowest BCUT2D eigenvalue weighted by Gasteiger charge is -2.13. The monoisotopic (exact) mass is 226 g/mol. The lowest BCUT2D eigenvalue weighted by atomic mass is 10.1. The molecule has 0 fully saturated rings. The molecule has 0 bridgehead atoms. The number of nitrogens with one attached hydrogen (secondary N) is 1. The molecule has 1 unspecified atom stereocenters. The molecule has 0 amide bonds. The maximum absolute atomic E-state index is 12.0. The van der Waals surface area contributed by atoms with Gasteiger partial charge in [0.05, 0.1) is 6.04 Å². The van der Waals surface area contributed by atoms with Crippen molar-refractivity contribution < 1.29 is 4.79 Å². The molecule has 3 heteroatoms. The number of carbonyl (C=O) groups excluding carboxylic acids is 1. The number of hydrogen-bond donors (Lipinski definition) is 1. The van der Waals surface area contributed by atoms with Crippen LogP contribution < -0.4 is 5.32 Å². The molecular formula is C14H14N2O. The first-order valence-corrected chi connectivity index (χ1v) is 5.54. The lowest BCUT2D eigenvalue weighted by Crippen LogP contribution is -2.26. The van der Waals surface area contributed by atoms with Gasteiger partial charge in [-0.2, -0.15) is 0 Å². The summed E-state index contributed by atoms with van der Waals surface area (Å²) < 4.78 is 0. The third kappa shape index (κ3) is 2.91. The van der Waals surface area contributed by atoms with E-state index in [4.69, 9.17) is 0 Å². The smallest absolute Gasteiger partial charge is 0.202 e. The molecule has 0 aliphatic heterocycles. The molecule has 0 radical (unpaired) electrons. The molecule has 0 aliphatic rings. The fourth-order valence-corrected chi connectivity index (χ4v) is 1.58. The summed E-state index contributed by atoms with van der Waals surface area (Å²) in [7, 11) is 0. The topological polar surface area (TPSA) is 42.0 Å². The van der Waals surface area contributed by atoms with Gasteiger partial charge in [0.25, 0.3) is 0 Å². The molecule has 1 heterocycles. The average Bonchev–Trinajstić information content (AvgIpc) is 2.40. The molecule has 3 nitrogen and oxygen atoms in total. The zero-order valence-electron chi connectivity index (χ0n) is 9.63. The van der Waals surface area contributed by atoms with Crippen LogP contribution in [0.2, 0.25) is 0 Å². The van der Waals surface area contributed by atoms with Crippen molar-refractivity contribution in [2.24, 2.45) is 0 Å². The van der Waals surface area contributed by atoms with Gasteiger partial charge in [0.15, 0.2) is 0 Å². The van der Waals surface area contributed by atoms with Crippen molar-refractivity contribution >= 4 is 11.5 Å². The van der Waals surface area contributed by atoms with Gasteiger partial charge in [0.2, 0.25) is 5.78 Å². The minimum absolute atomic E-state index is 0.00514. The Morgan fingerprint density at radius 2 is 1.82 bits per heavy atom. The number of rotatable bonds is 4. The van der Waals surface area contributed by atoms with Crippen molar-refractivity contribution in [1.82, 2.24) is 4.98 Å². The Morgan fingerprint density at radius 3 is 2.47 bits per heavy atom. The van der Waals surface area contributed by atoms with Crippen LogP contribution >= 0.6 is 0 Å². The predicted molar refractivity (Wildman–Crippen MR) is 68.1 cm³/mol. The number of pyridine rings is 1. The summed E-state index contributed by atoms with van der Waals surface area (Å²) in [4.78, 5) is 16.1. The number of hydrogen-bond acceptors (Lipinski definition) is 3. The molecule has 0 saturated carbocycles. The Balaban J connectivity index is 2.06. The van der Waals surface area contributed by atoms with Gasteiger partial charge in [-0.3, -0.25) is 9.78 Å². The number of benzene rings is 1. The van der Waals surface area contributed by atoms with E-state index in [2.05, 4.69) is 10.3 Å². The van der Waals surface area contributed by atoms with E-state index in [-0.39, 0.29) is 11.8 Å². The molecule has 86 valence electrons. The van der Waals surface area contributed by atoms with Gasteiger partial charge in [-0.25, -0.2) is 0 Å². The maximum atomic E-state index is 12.0. The van der Waals surface area contributed by atoms with Crippen molar-refractivity contribution in [1.29, 1.82) is 0 Å². The third-order valence-electron chi connectivity index (χ3n) is 2.47. The van der Waals surface area contributed by atoms with Crippen LogP contribution in [-0.2, 0) is 0 Å². The second-order valence-electron chi connectivity index (χ2n) is 3.81. The van der Waals surface area contributed by atoms with Crippen LogP contribution in [0, 0.1) is 0 Å². The van der Waals surface area contributed by atoms with E-state index in [0.29, 0.717) is 5.69 Å². The first-order chi connectivity index (χ1) is 8.27. The summed E-state index contributed by atoms with van der Waals surface area (Å²) in [5.74, 6) is -0.00514. The zero-order chi connectivity index (χ0) is 12.1. The number of Topliss-reactive ketones (excluding diaryl/α,β-unsaturated/α-hetero) is 1. The fourth-order valence-electron chi connectivity index (χ4n) is 1.58. The van der Waals surface area contributed by atoms with Gasteiger partial charge in [-0.15, -0.1) is 0 Å². The van der Waals surface area contributed by atoms with Crippen LogP contribution in [0.25, 0.3) is 0 Å². The highest BCUT2D eigenvalue weighted by Gasteiger charge is 2.15. The van der Waals surface area contributed by atoms with E-state index in [1.165, 1.54) is 0 Å². The Bertz CT molecular complexity index is 482. The Morgan fingerprint density at radius 1 is 1.12 bits per heavy atom. The zero-order valence-corrected chi connectivity index (χ0v) is 9.63. The summed E-state index contributed by atoms with van der Waals surface area (Å²) in [6, 6.07) is 14.7. The lowest BCUT2D eigenvalue weighted by molar-refractivity contribution is 0.0970. The van der Waals surface area contributed by atoms with Crippen LogP contribution in [0.5, 0.6) is 0 Å². The van der Waals surface area contributed by atoms with Crippen LogP contribution in [-0.4, -0.2) is 16.8 Å². The average molecular weight is 226 g/mol. The van der Waals surface area contributed by atoms with Crippen molar-refractivity contribution in [3.63, 3.8) is 0 Å². The Hall–Kier alpha value is -2.16. The molecule has 1 atom stereocenters. The molecule has 0 saturated heterocycles. The number of anilines is 1. The standard InChI is InChI=1S/C14H14N2O/c1-11(16-12-7-3-2-4-8-12)14(17)13-9-5-6-10-15-13/h2-11,16H,1H3. The van der Waals surface area contributed by atoms with Crippen molar-refractivity contribution in [3.05, 3.63) is 60.4 Å². The van der Waals surface area contributed by atoms with Crippen molar-refractivity contribution in [3.8, 4) is 0 Å². The summed E-state index contributed by atoms with van der Waals surface area (Å²) in [5, 5.41) is 3.15. The van der Waals surface area contributed by atoms with E-state index >= 15 is 0 Å². The van der Waals surface area contributed by atoms with Gasteiger partial charge in [-0.05, 0) is 31.2 Å². The molecule has 0 aliphatic carbocycles. The first kappa shape index (κ1) is 11.3. The minimum atomic E-state index is -0.285. The van der Waals surface area contributed by atoms with Gasteiger partial charge in [0.1, 0.15) is 5.69 Å². The Kier molecular flexibility index (Phi) is 3.50. The van der Waals surface area contributed by atoms with Gasteiger partial charge < -0.3 is 5.32 Å². The number of aromatic nitrogens is 1. The molecular weight excluding hydrogens is 212 g/mol. The van der Waals surface area contributed by atoms with Gasteiger partial charge in [0, 0.05) is 11.9 Å². The van der Waals surface area contributed by atoms with E-state index in [1.807, 2.05) is 43.3 Å². The number of carbonyl (C=O) groups is 1. The predicted octanol–water partition coefficient (Wildman–Crippen LogP) is 2.76. The second-order valence-corrected chi connectivity index (χ2v) is 3.81. The van der Waals surface area contributed by atoms with E-state index < -0.39 is 0 Å².